The number of nitrogens with zero attached hydrogens (tertiary/aromatic N) is 2. The summed E-state index contributed by atoms with van der Waals surface area (Å²) in [5.74, 6) is -0.530. The predicted octanol–water partition coefficient (Wildman–Crippen LogP) is 11.9. The molecule has 2 aliphatic heterocycles. The SMILES string of the molecule is COc1cc2c3c(cc(OC)c4c5c(OC)cc6c7c(cc(OC)c(c1c34)c75)C(=O)N(c1c(C(C)C)cccc1C(C)C)C6=O)C(=O)N(c1c(C(C)C)cccc1C(C)C)C2=O. The molecule has 0 saturated heterocycles. The first-order valence-corrected chi connectivity index (χ1v) is 21.2. The van der Waals surface area contributed by atoms with Gasteiger partial charge in [-0.2, -0.15) is 0 Å². The highest BCUT2D eigenvalue weighted by molar-refractivity contribution is 6.48. The molecule has 2 heterocycles. The number of amides is 4. The minimum Gasteiger partial charge on any atom is -0.496 e. The van der Waals surface area contributed by atoms with Crippen LogP contribution in [0, 0.1) is 0 Å². The number of carbonyl (C=O) groups is 4. The Morgan fingerprint density at radius 3 is 0.774 bits per heavy atom. The topological polar surface area (TPSA) is 112 Å². The second kappa shape index (κ2) is 14.5. The van der Waals surface area contributed by atoms with Crippen molar-refractivity contribution in [2.45, 2.75) is 79.1 Å². The van der Waals surface area contributed by atoms with Crippen LogP contribution < -0.4 is 28.7 Å². The van der Waals surface area contributed by atoms with E-state index in [-0.39, 0.29) is 45.9 Å². The average molecular weight is 831 g/mol. The van der Waals surface area contributed by atoms with Gasteiger partial charge in [-0.3, -0.25) is 19.2 Å². The highest BCUT2D eigenvalue weighted by Crippen LogP contribution is 2.57. The molecule has 0 aromatic heterocycles. The van der Waals surface area contributed by atoms with Crippen LogP contribution in [0.25, 0.3) is 43.1 Å². The van der Waals surface area contributed by atoms with Crippen molar-refractivity contribution < 1.29 is 38.1 Å². The number of para-hydroxylation sites is 2. The van der Waals surface area contributed by atoms with Gasteiger partial charge < -0.3 is 18.9 Å². The van der Waals surface area contributed by atoms with Gasteiger partial charge in [0, 0.05) is 43.1 Å². The van der Waals surface area contributed by atoms with Gasteiger partial charge in [-0.05, 0) is 70.2 Å². The summed E-state index contributed by atoms with van der Waals surface area (Å²) in [5.41, 5.74) is 5.81. The second-order valence-corrected chi connectivity index (χ2v) is 17.6. The van der Waals surface area contributed by atoms with E-state index in [1.807, 2.05) is 91.8 Å². The molecule has 7 aromatic rings. The molecule has 0 atom stereocenters. The zero-order valence-corrected chi connectivity index (χ0v) is 37.2. The third kappa shape index (κ3) is 5.34. The zero-order valence-electron chi connectivity index (χ0n) is 37.2. The lowest BCUT2D eigenvalue weighted by molar-refractivity contribution is 0.0876. The standard InChI is InChI=1S/C52H50N2O8/c1-23(2)27-15-13-16-28(24(3)4)47(27)53-49(55)31-19-35(59-9)41-43-37(61-11)21-33-40-34(52(58)54(51(33)57)48-29(25(5)6)17-14-18-30(48)26(7)8)22-38(62-12)44(46(40)43)42-36(60-10)20-32(50(53)56)39(31)45(41)42/h13-26H,1-12H3. The molecule has 10 heteroatoms. The molecule has 0 N–H and O–H groups in total. The van der Waals surface area contributed by atoms with Crippen molar-refractivity contribution in [3.05, 3.63) is 105 Å². The van der Waals surface area contributed by atoms with Gasteiger partial charge in [-0.25, -0.2) is 9.80 Å². The maximum Gasteiger partial charge on any atom is 0.266 e. The highest BCUT2D eigenvalue weighted by Gasteiger charge is 2.43. The average Bonchev–Trinajstić information content (AvgIpc) is 3.25. The molecule has 0 bridgehead atoms. The molecule has 9 rings (SSSR count). The molecule has 0 spiro atoms. The van der Waals surface area contributed by atoms with Crippen molar-refractivity contribution >= 4 is 78.1 Å². The van der Waals surface area contributed by atoms with E-state index in [1.54, 1.807) is 24.3 Å². The van der Waals surface area contributed by atoms with Crippen molar-refractivity contribution in [1.82, 2.24) is 0 Å². The monoisotopic (exact) mass is 830 g/mol. The summed E-state index contributed by atoms with van der Waals surface area (Å²) >= 11 is 0. The first-order valence-electron chi connectivity index (χ1n) is 21.2. The van der Waals surface area contributed by atoms with Crippen molar-refractivity contribution in [2.24, 2.45) is 0 Å². The summed E-state index contributed by atoms with van der Waals surface area (Å²) in [6, 6.07) is 18.6. The highest BCUT2D eigenvalue weighted by atomic mass is 16.5. The summed E-state index contributed by atoms with van der Waals surface area (Å²) in [6.45, 7) is 16.4. The van der Waals surface area contributed by atoms with Crippen LogP contribution in [0.4, 0.5) is 11.4 Å². The Kier molecular flexibility index (Phi) is 9.50. The number of fused-ring (bicyclic) bond motifs is 2. The number of ether oxygens (including phenoxy) is 4. The maximum atomic E-state index is 15.2. The molecule has 0 fully saturated rings. The van der Waals surface area contributed by atoms with Crippen LogP contribution in [0.15, 0.2) is 60.7 Å². The molecule has 316 valence electrons. The molecule has 2 aliphatic rings. The van der Waals surface area contributed by atoms with E-state index in [2.05, 4.69) is 0 Å². The van der Waals surface area contributed by atoms with Crippen molar-refractivity contribution in [3.63, 3.8) is 0 Å². The van der Waals surface area contributed by atoms with E-state index in [9.17, 15) is 0 Å². The van der Waals surface area contributed by atoms with Gasteiger partial charge >= 0.3 is 0 Å². The van der Waals surface area contributed by atoms with Crippen molar-refractivity contribution in [2.75, 3.05) is 38.2 Å². The van der Waals surface area contributed by atoms with E-state index in [1.165, 1.54) is 38.2 Å². The summed E-state index contributed by atoms with van der Waals surface area (Å²) in [4.78, 5) is 63.3. The largest absolute Gasteiger partial charge is 0.496 e. The molecule has 62 heavy (non-hydrogen) atoms. The molecule has 0 radical (unpaired) electrons. The lowest BCUT2D eigenvalue weighted by Crippen LogP contribution is -2.42. The minimum atomic E-state index is -0.479. The van der Waals surface area contributed by atoms with Crippen LogP contribution in [0.2, 0.25) is 0 Å². The Balaban J connectivity index is 1.44. The first kappa shape index (κ1) is 40.7. The number of rotatable bonds is 10. The van der Waals surface area contributed by atoms with Crippen molar-refractivity contribution in [3.8, 4) is 23.0 Å². The van der Waals surface area contributed by atoms with Crippen LogP contribution in [-0.4, -0.2) is 52.1 Å². The van der Waals surface area contributed by atoms with Gasteiger partial charge in [0.1, 0.15) is 23.0 Å². The molecular formula is C52H50N2O8. The zero-order chi connectivity index (χ0) is 44.4. The van der Waals surface area contributed by atoms with Crippen LogP contribution in [-0.2, 0) is 0 Å². The van der Waals surface area contributed by atoms with E-state index in [0.29, 0.717) is 77.5 Å². The lowest BCUT2D eigenvalue weighted by Gasteiger charge is -2.34. The van der Waals surface area contributed by atoms with E-state index >= 15 is 19.2 Å². The lowest BCUT2D eigenvalue weighted by atomic mass is 9.80. The van der Waals surface area contributed by atoms with Crippen molar-refractivity contribution in [1.29, 1.82) is 0 Å². The fourth-order valence-electron chi connectivity index (χ4n) is 10.1. The van der Waals surface area contributed by atoms with E-state index in [0.717, 1.165) is 22.3 Å². The van der Waals surface area contributed by atoms with Gasteiger partial charge in [0.05, 0.1) is 62.1 Å². The molecule has 7 aromatic carbocycles. The Labute approximate surface area is 360 Å². The first-order chi connectivity index (χ1) is 29.6. The van der Waals surface area contributed by atoms with Gasteiger partial charge in [-0.1, -0.05) is 91.8 Å². The molecule has 10 nitrogen and oxygen atoms in total. The number of hydrogen-bond donors (Lipinski definition) is 0. The van der Waals surface area contributed by atoms with Gasteiger partial charge in [0.2, 0.25) is 0 Å². The maximum absolute atomic E-state index is 15.2. The number of anilines is 2. The van der Waals surface area contributed by atoms with Crippen LogP contribution in [0.1, 0.15) is 143 Å². The number of carbonyl (C=O) groups excluding carboxylic acids is 4. The predicted molar refractivity (Wildman–Crippen MR) is 245 cm³/mol. The summed E-state index contributed by atoms with van der Waals surface area (Å²) < 4.78 is 24.9. The van der Waals surface area contributed by atoms with Crippen LogP contribution in [0.5, 0.6) is 23.0 Å². The van der Waals surface area contributed by atoms with Gasteiger partial charge in [0.25, 0.3) is 23.6 Å². The quantitative estimate of drug-likeness (QED) is 0.0761. The molecular weight excluding hydrogens is 781 g/mol. The molecule has 0 unspecified atom stereocenters. The third-order valence-electron chi connectivity index (χ3n) is 12.9. The third-order valence-corrected chi connectivity index (χ3v) is 12.9. The number of methoxy groups -OCH3 is 4. The van der Waals surface area contributed by atoms with E-state index in [4.69, 9.17) is 18.9 Å². The Morgan fingerprint density at radius 2 is 0.581 bits per heavy atom. The normalized spacial score (nSPS) is 14.1. The Hall–Kier alpha value is -6.68. The Bertz CT molecular complexity index is 2720. The number of hydrogen-bond acceptors (Lipinski definition) is 8. The summed E-state index contributed by atoms with van der Waals surface area (Å²) in [7, 11) is 6.12. The number of benzene rings is 7. The smallest absolute Gasteiger partial charge is 0.266 e. The minimum absolute atomic E-state index is 0.0109. The van der Waals surface area contributed by atoms with Crippen LogP contribution in [0.3, 0.4) is 0 Å². The molecule has 4 amide bonds. The Morgan fingerprint density at radius 1 is 0.355 bits per heavy atom. The van der Waals surface area contributed by atoms with Gasteiger partial charge in [0.15, 0.2) is 0 Å². The molecule has 0 aliphatic carbocycles. The summed E-state index contributed by atoms with van der Waals surface area (Å²) in [6.07, 6.45) is 0. The fraction of sp³-hybridized carbons (Fsp3) is 0.308. The van der Waals surface area contributed by atoms with Gasteiger partial charge in [-0.15, -0.1) is 0 Å². The number of imide groups is 2. The second-order valence-electron chi connectivity index (χ2n) is 17.6. The summed E-state index contributed by atoms with van der Waals surface area (Å²) in [5, 5.41) is 4.07. The fourth-order valence-corrected chi connectivity index (χ4v) is 10.1. The molecule has 0 saturated carbocycles. The van der Waals surface area contributed by atoms with Crippen LogP contribution >= 0.6 is 0 Å². The van der Waals surface area contributed by atoms with E-state index < -0.39 is 23.6 Å².